The van der Waals surface area contributed by atoms with Crippen molar-refractivity contribution in [3.8, 4) is 0 Å². The van der Waals surface area contributed by atoms with Crippen molar-refractivity contribution in [1.29, 1.82) is 0 Å². The summed E-state index contributed by atoms with van der Waals surface area (Å²) in [6, 6.07) is 0. The average molecular weight is 379 g/mol. The zero-order valence-electron chi connectivity index (χ0n) is 12.8. The van der Waals surface area contributed by atoms with E-state index in [4.69, 9.17) is 24.8 Å². The van der Waals surface area contributed by atoms with Gasteiger partial charge < -0.3 is 34.3 Å². The lowest BCUT2D eigenvalue weighted by Gasteiger charge is -2.24. The number of nitrogens with zero attached hydrogens (tertiary/aromatic N) is 1. The van der Waals surface area contributed by atoms with E-state index >= 15 is 0 Å². The third-order valence-electron chi connectivity index (χ3n) is 3.57. The molecule has 0 spiro atoms. The third-order valence-corrected chi connectivity index (χ3v) is 4.95. The van der Waals surface area contributed by atoms with E-state index in [9.17, 15) is 14.3 Å². The lowest BCUT2D eigenvalue weighted by atomic mass is 10.1. The molecule has 2 saturated heterocycles. The molecule has 3 rings (SSSR count). The molecule has 0 radical (unpaired) electrons. The van der Waals surface area contributed by atoms with Crippen LogP contribution in [0.2, 0.25) is 0 Å². The molecule has 1 aromatic heterocycles. The normalized spacial score (nSPS) is 34.0. The number of hydrogen-bond acceptors (Lipinski definition) is 9. The highest BCUT2D eigenvalue weighted by molar-refractivity contribution is 7.44. The maximum absolute atomic E-state index is 11.2. The molecular formula is C12H16N2O8PS-. The fourth-order valence-corrected chi connectivity index (χ4v) is 3.93. The molecule has 0 aliphatic carbocycles. The predicted octanol–water partition coefficient (Wildman–Crippen LogP) is -0.321. The Labute approximate surface area is 141 Å². The van der Waals surface area contributed by atoms with E-state index in [0.29, 0.717) is 5.01 Å². The summed E-state index contributed by atoms with van der Waals surface area (Å²) in [4.78, 5) is 34.9. The molecule has 1 aromatic rings. The van der Waals surface area contributed by atoms with Crippen LogP contribution in [0.5, 0.6) is 0 Å². The maximum Gasteiger partial charge on any atom is 0.268 e. The molecule has 5 atom stereocenters. The topological polar surface area (TPSA) is 153 Å². The van der Waals surface area contributed by atoms with Gasteiger partial charge in [-0.1, -0.05) is 0 Å². The molecule has 24 heavy (non-hydrogen) atoms. The van der Waals surface area contributed by atoms with Crippen molar-refractivity contribution >= 4 is 25.1 Å². The number of carbonyl (C=O) groups is 1. The van der Waals surface area contributed by atoms with Gasteiger partial charge in [0, 0.05) is 5.38 Å². The number of thiazole rings is 1. The van der Waals surface area contributed by atoms with Crippen LogP contribution in [0.3, 0.4) is 0 Å². The summed E-state index contributed by atoms with van der Waals surface area (Å²) < 4.78 is 32.5. The fourth-order valence-electron chi connectivity index (χ4n) is 2.71. The van der Waals surface area contributed by atoms with Crippen LogP contribution in [0.4, 0.5) is 0 Å². The van der Waals surface area contributed by atoms with Gasteiger partial charge >= 0.3 is 0 Å². The van der Waals surface area contributed by atoms with Gasteiger partial charge in [0.05, 0.1) is 6.61 Å². The number of primary amides is 1. The number of rotatable bonds is 5. The van der Waals surface area contributed by atoms with Crippen molar-refractivity contribution in [2.45, 2.75) is 44.1 Å². The molecule has 2 aliphatic rings. The highest BCUT2D eigenvalue weighted by Crippen LogP contribution is 2.46. The third kappa shape index (κ3) is 3.68. The molecule has 10 nitrogen and oxygen atoms in total. The first kappa shape index (κ1) is 17.9. The fraction of sp³-hybridized carbons (Fsp3) is 0.667. The number of aromatic nitrogens is 1. The quantitative estimate of drug-likeness (QED) is 0.655. The SMILES string of the molecule is CC1(C)O[C@@H]2[C@H](O1)[C@@H](COP(=O)([O-])O)O[C@H]2c1nc(C(N)=O)cs1. The first-order valence-electron chi connectivity index (χ1n) is 7.00. The molecule has 134 valence electrons. The molecule has 0 saturated carbocycles. The van der Waals surface area contributed by atoms with Crippen molar-refractivity contribution in [3.63, 3.8) is 0 Å². The van der Waals surface area contributed by atoms with Gasteiger partial charge in [-0.15, -0.1) is 11.3 Å². The monoisotopic (exact) mass is 379 g/mol. The lowest BCUT2D eigenvalue weighted by molar-refractivity contribution is -0.225. The number of phosphoric acid groups is 1. The van der Waals surface area contributed by atoms with Gasteiger partial charge in [-0.25, -0.2) is 4.98 Å². The number of fused-ring (bicyclic) bond motifs is 1. The second kappa shape index (κ2) is 6.11. The summed E-state index contributed by atoms with van der Waals surface area (Å²) in [5.41, 5.74) is 5.30. The molecule has 3 heterocycles. The van der Waals surface area contributed by atoms with Crippen LogP contribution in [0.1, 0.15) is 35.4 Å². The molecule has 0 bridgehead atoms. The van der Waals surface area contributed by atoms with Crippen LogP contribution in [0.25, 0.3) is 0 Å². The van der Waals surface area contributed by atoms with E-state index in [1.807, 2.05) is 0 Å². The molecule has 1 amide bonds. The van der Waals surface area contributed by atoms with Crippen molar-refractivity contribution in [1.82, 2.24) is 4.98 Å². The molecular weight excluding hydrogens is 363 g/mol. The summed E-state index contributed by atoms with van der Waals surface area (Å²) >= 11 is 1.17. The highest BCUT2D eigenvalue weighted by Gasteiger charge is 2.56. The minimum Gasteiger partial charge on any atom is -0.756 e. The number of carbonyl (C=O) groups excluding carboxylic acids is 1. The predicted molar refractivity (Wildman–Crippen MR) is 77.8 cm³/mol. The van der Waals surface area contributed by atoms with Gasteiger partial charge in [-0.3, -0.25) is 9.36 Å². The molecule has 2 aliphatic heterocycles. The summed E-state index contributed by atoms with van der Waals surface area (Å²) in [7, 11) is -4.89. The number of phosphoric ester groups is 1. The summed E-state index contributed by atoms with van der Waals surface area (Å²) in [6.07, 6.45) is -2.65. The van der Waals surface area contributed by atoms with Crippen LogP contribution in [-0.4, -0.2) is 46.5 Å². The van der Waals surface area contributed by atoms with Crippen molar-refractivity contribution < 1.29 is 37.9 Å². The van der Waals surface area contributed by atoms with E-state index in [2.05, 4.69) is 9.51 Å². The van der Waals surface area contributed by atoms with Gasteiger partial charge in [-0.2, -0.15) is 0 Å². The Morgan fingerprint density at radius 1 is 1.54 bits per heavy atom. The highest BCUT2D eigenvalue weighted by atomic mass is 32.1. The first-order valence-corrected chi connectivity index (χ1v) is 9.38. The standard InChI is InChI=1S/C12H17N2O8PS/c1-12(2)21-7-6(3-19-23(16,17)18)20-9(8(7)22-12)11-14-5(4-24-11)10(13)15/h4,6-9H,3H2,1-2H3,(H2,13,15)(H2,16,17,18)/p-1/t6-,7-,8-,9-/m1/s1. The van der Waals surface area contributed by atoms with Crippen molar-refractivity contribution in [3.05, 3.63) is 16.1 Å². The van der Waals surface area contributed by atoms with Gasteiger partial charge in [0.1, 0.15) is 35.1 Å². The van der Waals surface area contributed by atoms with E-state index in [1.165, 1.54) is 16.7 Å². The van der Waals surface area contributed by atoms with Crippen LogP contribution in [0.15, 0.2) is 5.38 Å². The zero-order valence-corrected chi connectivity index (χ0v) is 14.5. The second-order valence-electron chi connectivity index (χ2n) is 5.86. The van der Waals surface area contributed by atoms with Crippen LogP contribution in [0, 0.1) is 0 Å². The first-order chi connectivity index (χ1) is 11.1. The second-order valence-corrected chi connectivity index (χ2v) is 7.94. The van der Waals surface area contributed by atoms with Gasteiger partial charge in [0.2, 0.25) is 0 Å². The molecule has 2 fully saturated rings. The number of amides is 1. The van der Waals surface area contributed by atoms with Gasteiger partial charge in [-0.05, 0) is 13.8 Å². The average Bonchev–Trinajstić information content (AvgIpc) is 3.08. The van der Waals surface area contributed by atoms with E-state index in [-0.39, 0.29) is 5.69 Å². The number of hydrogen-bond donors (Lipinski definition) is 2. The Morgan fingerprint density at radius 2 is 2.21 bits per heavy atom. The minimum atomic E-state index is -4.89. The zero-order chi connectivity index (χ0) is 17.7. The summed E-state index contributed by atoms with van der Waals surface area (Å²) in [6.45, 7) is 2.99. The lowest BCUT2D eigenvalue weighted by Crippen LogP contribution is -2.33. The molecule has 12 heteroatoms. The Morgan fingerprint density at radius 3 is 2.79 bits per heavy atom. The molecule has 1 unspecified atom stereocenters. The Hall–Kier alpha value is -0.910. The number of ether oxygens (including phenoxy) is 3. The van der Waals surface area contributed by atoms with Crippen LogP contribution in [-0.2, 0) is 23.3 Å². The van der Waals surface area contributed by atoms with E-state index in [1.54, 1.807) is 13.8 Å². The Kier molecular flexibility index (Phi) is 4.56. The van der Waals surface area contributed by atoms with E-state index < -0.39 is 50.5 Å². The van der Waals surface area contributed by atoms with Gasteiger partial charge in [0.15, 0.2) is 5.79 Å². The maximum atomic E-state index is 11.2. The summed E-state index contributed by atoms with van der Waals surface area (Å²) in [5, 5.41) is 1.96. The minimum absolute atomic E-state index is 0.104. The van der Waals surface area contributed by atoms with E-state index in [0.717, 1.165) is 0 Å². The number of nitrogens with two attached hydrogens (primary N) is 1. The molecule has 3 N–H and O–H groups in total. The molecule has 0 aromatic carbocycles. The smallest absolute Gasteiger partial charge is 0.268 e. The Balaban J connectivity index is 1.82. The van der Waals surface area contributed by atoms with Crippen molar-refractivity contribution in [2.24, 2.45) is 5.73 Å². The largest absolute Gasteiger partial charge is 0.756 e. The van der Waals surface area contributed by atoms with Crippen LogP contribution >= 0.6 is 19.2 Å². The Bertz CT molecular complexity index is 688. The van der Waals surface area contributed by atoms with Gasteiger partial charge in [0.25, 0.3) is 13.7 Å². The summed E-state index contributed by atoms with van der Waals surface area (Å²) in [5.74, 6) is -1.57. The van der Waals surface area contributed by atoms with Crippen LogP contribution < -0.4 is 10.6 Å². The van der Waals surface area contributed by atoms with Crippen molar-refractivity contribution in [2.75, 3.05) is 6.61 Å².